The van der Waals surface area contributed by atoms with Gasteiger partial charge in [-0.3, -0.25) is 4.90 Å². The van der Waals surface area contributed by atoms with Crippen LogP contribution in [0.25, 0.3) is 0 Å². The van der Waals surface area contributed by atoms with Gasteiger partial charge in [-0.2, -0.15) is 0 Å². The molecule has 0 amide bonds. The first-order valence-electron chi connectivity index (χ1n) is 4.89. The van der Waals surface area contributed by atoms with Crippen molar-refractivity contribution in [1.29, 1.82) is 0 Å². The van der Waals surface area contributed by atoms with Crippen molar-refractivity contribution in [3.8, 4) is 0 Å². The van der Waals surface area contributed by atoms with Crippen molar-refractivity contribution in [2.75, 3.05) is 13.1 Å². The fraction of sp³-hybridized carbons (Fsp3) is 1.00. The van der Waals surface area contributed by atoms with Crippen LogP contribution < -0.4 is 5.73 Å². The van der Waals surface area contributed by atoms with E-state index in [1.807, 2.05) is 0 Å². The second-order valence-corrected chi connectivity index (χ2v) is 4.12. The van der Waals surface area contributed by atoms with Crippen LogP contribution >= 0.6 is 0 Å². The van der Waals surface area contributed by atoms with E-state index in [2.05, 4.69) is 4.90 Å². The maximum atomic E-state index is 12.5. The van der Waals surface area contributed by atoms with Gasteiger partial charge in [0, 0.05) is 25.2 Å². The molecule has 2 N–H and O–H groups in total. The predicted octanol–water partition coefficient (Wildman–Crippen LogP) is 0.910. The third-order valence-electron chi connectivity index (χ3n) is 3.12. The first-order valence-corrected chi connectivity index (χ1v) is 4.89. The summed E-state index contributed by atoms with van der Waals surface area (Å²) in [6.07, 6.45) is 4.04. The van der Waals surface area contributed by atoms with Gasteiger partial charge in [0.15, 0.2) is 0 Å². The highest BCUT2D eigenvalue weighted by molar-refractivity contribution is 4.88. The Morgan fingerprint density at radius 2 is 1.67 bits per heavy atom. The number of nitrogens with two attached hydrogens (primary N) is 1. The lowest BCUT2D eigenvalue weighted by Gasteiger charge is -2.43. The quantitative estimate of drug-likeness (QED) is 0.637. The lowest BCUT2D eigenvalue weighted by Crippen LogP contribution is -2.54. The molecule has 0 aromatic heterocycles. The maximum Gasteiger partial charge on any atom is 0.125 e. The molecule has 0 spiro atoms. The van der Waals surface area contributed by atoms with Gasteiger partial charge < -0.3 is 5.73 Å². The molecule has 0 aromatic carbocycles. The molecule has 1 saturated heterocycles. The van der Waals surface area contributed by atoms with Gasteiger partial charge in [-0.25, -0.2) is 4.39 Å². The normalized spacial score (nSPS) is 39.5. The fourth-order valence-electron chi connectivity index (χ4n) is 2.22. The summed E-state index contributed by atoms with van der Waals surface area (Å²) in [7, 11) is 0. The van der Waals surface area contributed by atoms with Crippen molar-refractivity contribution in [2.24, 2.45) is 5.73 Å². The maximum absolute atomic E-state index is 12.5. The van der Waals surface area contributed by atoms with E-state index in [4.69, 9.17) is 5.73 Å². The third-order valence-corrected chi connectivity index (χ3v) is 3.12. The molecule has 1 aliphatic carbocycles. The molecule has 0 aromatic rings. The van der Waals surface area contributed by atoms with Crippen molar-refractivity contribution < 1.29 is 4.39 Å². The molecule has 0 unspecified atom stereocenters. The van der Waals surface area contributed by atoms with Crippen LogP contribution in [0.15, 0.2) is 0 Å². The molecule has 0 bridgehead atoms. The number of hydrogen-bond donors (Lipinski definition) is 1. The van der Waals surface area contributed by atoms with E-state index >= 15 is 0 Å². The average Bonchev–Trinajstić information content (AvgIpc) is 2.01. The van der Waals surface area contributed by atoms with Crippen molar-refractivity contribution in [3.05, 3.63) is 0 Å². The third kappa shape index (κ3) is 1.62. The van der Waals surface area contributed by atoms with Crippen molar-refractivity contribution in [2.45, 2.75) is 43.9 Å². The van der Waals surface area contributed by atoms with E-state index in [1.165, 1.54) is 12.8 Å². The molecule has 1 aliphatic heterocycles. The van der Waals surface area contributed by atoms with Crippen molar-refractivity contribution >= 4 is 0 Å². The summed E-state index contributed by atoms with van der Waals surface area (Å²) in [5.74, 6) is 0. The summed E-state index contributed by atoms with van der Waals surface area (Å²) in [4.78, 5) is 2.26. The van der Waals surface area contributed by atoms with Gasteiger partial charge in [-0.1, -0.05) is 0 Å². The molecular formula is C9H17FN2. The zero-order chi connectivity index (χ0) is 8.55. The van der Waals surface area contributed by atoms with Crippen LogP contribution in [-0.2, 0) is 0 Å². The Balaban J connectivity index is 1.75. The number of likely N-dealkylation sites (tertiary alicyclic amines) is 1. The number of hydrogen-bond acceptors (Lipinski definition) is 2. The zero-order valence-electron chi connectivity index (χ0n) is 7.38. The van der Waals surface area contributed by atoms with Gasteiger partial charge in [-0.15, -0.1) is 0 Å². The van der Waals surface area contributed by atoms with E-state index in [-0.39, 0.29) is 0 Å². The van der Waals surface area contributed by atoms with E-state index in [0.717, 1.165) is 12.8 Å². The second-order valence-electron chi connectivity index (χ2n) is 4.12. The minimum Gasteiger partial charge on any atom is -0.328 e. The van der Waals surface area contributed by atoms with Gasteiger partial charge in [0.1, 0.15) is 6.17 Å². The topological polar surface area (TPSA) is 29.3 Å². The zero-order valence-corrected chi connectivity index (χ0v) is 7.38. The summed E-state index contributed by atoms with van der Waals surface area (Å²) < 4.78 is 12.5. The summed E-state index contributed by atoms with van der Waals surface area (Å²) in [5, 5.41) is 0. The molecule has 1 heterocycles. The minimum atomic E-state index is -0.555. The lowest BCUT2D eigenvalue weighted by atomic mass is 9.89. The second kappa shape index (κ2) is 3.30. The van der Waals surface area contributed by atoms with E-state index in [0.29, 0.717) is 25.2 Å². The van der Waals surface area contributed by atoms with Crippen molar-refractivity contribution in [1.82, 2.24) is 4.90 Å². The fourth-order valence-corrected chi connectivity index (χ4v) is 2.22. The average molecular weight is 172 g/mol. The number of rotatable bonds is 1. The van der Waals surface area contributed by atoms with Gasteiger partial charge in [-0.05, 0) is 25.7 Å². The number of alkyl halides is 1. The largest absolute Gasteiger partial charge is 0.328 e. The van der Waals surface area contributed by atoms with Gasteiger partial charge in [0.25, 0.3) is 0 Å². The lowest BCUT2D eigenvalue weighted by molar-refractivity contribution is 0.0123. The monoisotopic (exact) mass is 172 g/mol. The summed E-state index contributed by atoms with van der Waals surface area (Å²) in [6, 6.07) is 1.04. The van der Waals surface area contributed by atoms with Gasteiger partial charge >= 0.3 is 0 Å². The van der Waals surface area contributed by atoms with Crippen LogP contribution in [-0.4, -0.2) is 36.2 Å². The molecule has 2 rings (SSSR count). The van der Waals surface area contributed by atoms with Crippen LogP contribution in [0, 0.1) is 0 Å². The molecule has 2 fully saturated rings. The highest BCUT2D eigenvalue weighted by atomic mass is 19.1. The number of nitrogens with zero attached hydrogens (tertiary/aromatic N) is 1. The van der Waals surface area contributed by atoms with E-state index in [9.17, 15) is 4.39 Å². The van der Waals surface area contributed by atoms with Crippen LogP contribution in [0.1, 0.15) is 25.7 Å². The van der Waals surface area contributed by atoms with Gasteiger partial charge in [0.2, 0.25) is 0 Å². The number of halogens is 1. The van der Waals surface area contributed by atoms with Crippen molar-refractivity contribution in [3.63, 3.8) is 0 Å². The van der Waals surface area contributed by atoms with Crippen LogP contribution in [0.4, 0.5) is 4.39 Å². The molecule has 0 atom stereocenters. The first kappa shape index (κ1) is 8.45. The standard InChI is InChI=1S/C9H17FN2/c10-7-5-12(6-7)9-3-1-8(11)2-4-9/h7-9H,1-6,11H2/t8-,9+. The van der Waals surface area contributed by atoms with Crippen LogP contribution in [0.3, 0.4) is 0 Å². The molecule has 1 saturated carbocycles. The molecule has 0 radical (unpaired) electrons. The van der Waals surface area contributed by atoms with E-state index < -0.39 is 6.17 Å². The van der Waals surface area contributed by atoms with Crippen LogP contribution in [0.2, 0.25) is 0 Å². The molecule has 2 aliphatic rings. The highest BCUT2D eigenvalue weighted by Gasteiger charge is 2.33. The molecule has 12 heavy (non-hydrogen) atoms. The minimum absolute atomic E-state index is 0.406. The Morgan fingerprint density at radius 1 is 1.08 bits per heavy atom. The Morgan fingerprint density at radius 3 is 2.17 bits per heavy atom. The summed E-state index contributed by atoms with van der Waals surface area (Å²) in [5.41, 5.74) is 5.79. The Kier molecular flexibility index (Phi) is 2.33. The molecule has 2 nitrogen and oxygen atoms in total. The van der Waals surface area contributed by atoms with Gasteiger partial charge in [0.05, 0.1) is 0 Å². The molecule has 70 valence electrons. The molecular weight excluding hydrogens is 155 g/mol. The molecule has 3 heteroatoms. The Hall–Kier alpha value is -0.150. The highest BCUT2D eigenvalue weighted by Crippen LogP contribution is 2.26. The van der Waals surface area contributed by atoms with E-state index in [1.54, 1.807) is 0 Å². The Bertz CT molecular complexity index is 149. The van der Waals surface area contributed by atoms with Crippen LogP contribution in [0.5, 0.6) is 0 Å². The first-order chi connectivity index (χ1) is 5.75. The SMILES string of the molecule is N[C@H]1CC[C@@H](N2CC(F)C2)CC1. The smallest absolute Gasteiger partial charge is 0.125 e. The Labute approximate surface area is 72.9 Å². The predicted molar refractivity (Wildman–Crippen MR) is 46.7 cm³/mol. The summed E-state index contributed by atoms with van der Waals surface area (Å²) >= 11 is 0. The summed E-state index contributed by atoms with van der Waals surface area (Å²) in [6.45, 7) is 1.33.